The van der Waals surface area contributed by atoms with Crippen LogP contribution in [0.2, 0.25) is 0 Å². The van der Waals surface area contributed by atoms with Crippen molar-refractivity contribution in [2.75, 3.05) is 14.1 Å². The summed E-state index contributed by atoms with van der Waals surface area (Å²) in [6.07, 6.45) is 0. The van der Waals surface area contributed by atoms with E-state index in [4.69, 9.17) is 0 Å². The summed E-state index contributed by atoms with van der Waals surface area (Å²) in [4.78, 5) is 11.1. The van der Waals surface area contributed by atoms with Gasteiger partial charge < -0.3 is 10.0 Å². The molecular weight excluding hydrogens is 184 g/mol. The van der Waals surface area contributed by atoms with Crippen LogP contribution in [-0.4, -0.2) is 19.0 Å². The number of nitrogens with one attached hydrogen (secondary N) is 1. The van der Waals surface area contributed by atoms with Gasteiger partial charge in [0.25, 0.3) is 5.69 Å². The molecular formula is C9H12N2O3. The molecule has 5 heteroatoms. The molecule has 0 spiro atoms. The molecule has 76 valence electrons. The first-order valence-electron chi connectivity index (χ1n) is 4.24. The minimum atomic E-state index is -0.514. The fourth-order valence-electron chi connectivity index (χ4n) is 1.26. The maximum absolute atomic E-state index is 11.4. The van der Waals surface area contributed by atoms with Gasteiger partial charge in [0.2, 0.25) is 0 Å². The SMILES string of the molecule is C[NH+](C)Cc1c([O-])cccc1[N+](=O)[O-]. The van der Waals surface area contributed by atoms with Crippen LogP contribution in [0.1, 0.15) is 5.56 Å². The smallest absolute Gasteiger partial charge is 0.277 e. The van der Waals surface area contributed by atoms with Crippen LogP contribution < -0.4 is 10.0 Å². The molecule has 1 N–H and O–H groups in total. The van der Waals surface area contributed by atoms with Crippen molar-refractivity contribution >= 4 is 5.69 Å². The zero-order valence-electron chi connectivity index (χ0n) is 8.11. The van der Waals surface area contributed by atoms with E-state index < -0.39 is 4.92 Å². The van der Waals surface area contributed by atoms with Crippen LogP contribution in [0.25, 0.3) is 0 Å². The first kappa shape index (κ1) is 10.5. The second kappa shape index (κ2) is 4.06. The molecule has 0 unspecified atom stereocenters. The van der Waals surface area contributed by atoms with E-state index in [1.165, 1.54) is 18.2 Å². The van der Waals surface area contributed by atoms with Gasteiger partial charge in [-0.15, -0.1) is 0 Å². The molecule has 0 aromatic heterocycles. The molecule has 0 aliphatic rings. The number of benzene rings is 1. The molecule has 0 amide bonds. The Kier molecular flexibility index (Phi) is 3.03. The van der Waals surface area contributed by atoms with Crippen molar-refractivity contribution in [3.8, 4) is 5.75 Å². The minimum absolute atomic E-state index is 0.0845. The van der Waals surface area contributed by atoms with Gasteiger partial charge in [0.05, 0.1) is 24.6 Å². The Morgan fingerprint density at radius 1 is 1.43 bits per heavy atom. The van der Waals surface area contributed by atoms with Crippen molar-refractivity contribution in [1.82, 2.24) is 0 Å². The highest BCUT2D eigenvalue weighted by molar-refractivity contribution is 5.47. The molecule has 14 heavy (non-hydrogen) atoms. The zero-order valence-corrected chi connectivity index (χ0v) is 8.11. The Labute approximate surface area is 81.7 Å². The summed E-state index contributed by atoms with van der Waals surface area (Å²) >= 11 is 0. The summed E-state index contributed by atoms with van der Waals surface area (Å²) < 4.78 is 0. The lowest BCUT2D eigenvalue weighted by molar-refractivity contribution is -0.873. The van der Waals surface area contributed by atoms with Crippen molar-refractivity contribution in [3.05, 3.63) is 33.9 Å². The third-order valence-corrected chi connectivity index (χ3v) is 1.84. The van der Waals surface area contributed by atoms with Crippen LogP contribution in [0.15, 0.2) is 18.2 Å². The number of nitro benzene ring substituents is 1. The van der Waals surface area contributed by atoms with Crippen molar-refractivity contribution in [3.63, 3.8) is 0 Å². The lowest BCUT2D eigenvalue weighted by atomic mass is 10.1. The summed E-state index contributed by atoms with van der Waals surface area (Å²) in [6.45, 7) is 0.371. The van der Waals surface area contributed by atoms with Crippen LogP contribution in [0, 0.1) is 10.1 Å². The molecule has 0 bridgehead atoms. The summed E-state index contributed by atoms with van der Waals surface area (Å²) in [6, 6.07) is 4.12. The maximum Gasteiger partial charge on any atom is 0.277 e. The molecule has 0 radical (unpaired) electrons. The predicted octanol–water partition coefficient (Wildman–Crippen LogP) is -0.687. The average molecular weight is 196 g/mol. The minimum Gasteiger partial charge on any atom is -0.872 e. The first-order valence-corrected chi connectivity index (χ1v) is 4.24. The Hall–Kier alpha value is -1.62. The Balaban J connectivity index is 3.15. The predicted molar refractivity (Wildman–Crippen MR) is 49.1 cm³/mol. The highest BCUT2D eigenvalue weighted by atomic mass is 16.6. The summed E-state index contributed by atoms with van der Waals surface area (Å²) in [5, 5.41) is 22.0. The molecule has 0 saturated heterocycles. The van der Waals surface area contributed by atoms with Gasteiger partial charge in [-0.3, -0.25) is 10.1 Å². The third-order valence-electron chi connectivity index (χ3n) is 1.84. The van der Waals surface area contributed by atoms with Gasteiger partial charge in [0.15, 0.2) is 0 Å². The summed E-state index contributed by atoms with van der Waals surface area (Å²) in [5.41, 5.74) is 0.191. The number of quaternary nitrogens is 1. The Morgan fingerprint density at radius 3 is 2.57 bits per heavy atom. The van der Waals surface area contributed by atoms with Crippen molar-refractivity contribution in [1.29, 1.82) is 0 Å². The van der Waals surface area contributed by atoms with E-state index in [1.54, 1.807) is 0 Å². The van der Waals surface area contributed by atoms with Gasteiger partial charge in [-0.1, -0.05) is 17.9 Å². The normalized spacial score (nSPS) is 10.5. The first-order chi connectivity index (χ1) is 6.52. The van der Waals surface area contributed by atoms with Gasteiger partial charge in [0.1, 0.15) is 6.54 Å². The molecule has 5 nitrogen and oxygen atoms in total. The van der Waals surface area contributed by atoms with Gasteiger partial charge in [0, 0.05) is 6.07 Å². The molecule has 0 aliphatic heterocycles. The molecule has 0 saturated carbocycles. The molecule has 0 fully saturated rings. The quantitative estimate of drug-likeness (QED) is 0.514. The number of hydrogen-bond acceptors (Lipinski definition) is 3. The highest BCUT2D eigenvalue weighted by Gasteiger charge is 2.15. The lowest BCUT2D eigenvalue weighted by Crippen LogP contribution is -3.04. The van der Waals surface area contributed by atoms with Gasteiger partial charge in [-0.2, -0.15) is 0 Å². The van der Waals surface area contributed by atoms with Gasteiger partial charge in [-0.25, -0.2) is 0 Å². The second-order valence-electron chi connectivity index (χ2n) is 3.39. The fraction of sp³-hybridized carbons (Fsp3) is 0.333. The Bertz CT molecular complexity index is 350. The zero-order chi connectivity index (χ0) is 10.7. The molecule has 1 aromatic rings. The molecule has 1 rings (SSSR count). The Morgan fingerprint density at radius 2 is 2.07 bits per heavy atom. The van der Waals surface area contributed by atoms with Gasteiger partial charge >= 0.3 is 0 Å². The van der Waals surface area contributed by atoms with Crippen molar-refractivity contribution in [2.24, 2.45) is 0 Å². The third kappa shape index (κ3) is 2.20. The highest BCUT2D eigenvalue weighted by Crippen LogP contribution is 2.23. The van der Waals surface area contributed by atoms with Crippen LogP contribution in [0.3, 0.4) is 0 Å². The van der Waals surface area contributed by atoms with E-state index in [0.717, 1.165) is 4.90 Å². The fourth-order valence-corrected chi connectivity index (χ4v) is 1.26. The van der Waals surface area contributed by atoms with E-state index >= 15 is 0 Å². The molecule has 0 atom stereocenters. The topological polar surface area (TPSA) is 70.6 Å². The second-order valence-corrected chi connectivity index (χ2v) is 3.39. The van der Waals surface area contributed by atoms with E-state index in [-0.39, 0.29) is 17.0 Å². The maximum atomic E-state index is 11.4. The molecule has 0 aliphatic carbocycles. The molecule has 0 heterocycles. The number of rotatable bonds is 3. The monoisotopic (exact) mass is 196 g/mol. The van der Waals surface area contributed by atoms with Crippen LogP contribution in [-0.2, 0) is 6.54 Å². The number of nitrogens with zero attached hydrogens (tertiary/aromatic N) is 1. The van der Waals surface area contributed by atoms with Crippen LogP contribution >= 0.6 is 0 Å². The van der Waals surface area contributed by atoms with Crippen LogP contribution in [0.5, 0.6) is 5.75 Å². The molecule has 1 aromatic carbocycles. The van der Waals surface area contributed by atoms with E-state index in [2.05, 4.69) is 0 Å². The van der Waals surface area contributed by atoms with E-state index in [1.807, 2.05) is 14.1 Å². The van der Waals surface area contributed by atoms with Crippen molar-refractivity contribution in [2.45, 2.75) is 6.54 Å². The van der Waals surface area contributed by atoms with Crippen LogP contribution in [0.4, 0.5) is 5.69 Å². The largest absolute Gasteiger partial charge is 0.872 e. The number of nitro groups is 1. The van der Waals surface area contributed by atoms with E-state index in [9.17, 15) is 15.2 Å². The number of hydrogen-bond donors (Lipinski definition) is 1. The van der Waals surface area contributed by atoms with E-state index in [0.29, 0.717) is 6.54 Å². The van der Waals surface area contributed by atoms with Crippen molar-refractivity contribution < 1.29 is 14.9 Å². The van der Waals surface area contributed by atoms with Gasteiger partial charge in [-0.05, 0) is 0 Å². The lowest BCUT2D eigenvalue weighted by Gasteiger charge is -2.14. The summed E-state index contributed by atoms with van der Waals surface area (Å²) in [5.74, 6) is -0.264. The average Bonchev–Trinajstić information content (AvgIpc) is 2.07. The summed E-state index contributed by atoms with van der Waals surface area (Å²) in [7, 11) is 3.69. The standard InChI is InChI=1S/C9H12N2O3/c1-10(2)6-7-8(11(13)14)4-3-5-9(7)12/h3-5,12H,6H2,1-2H3.